The van der Waals surface area contributed by atoms with E-state index in [1.165, 1.54) is 25.5 Å². The number of nitrogens with zero attached hydrogens (tertiary/aromatic N) is 4. The Morgan fingerprint density at radius 2 is 1.92 bits per heavy atom. The molecule has 2 aliphatic rings. The van der Waals surface area contributed by atoms with Crippen LogP contribution in [-0.4, -0.2) is 92.6 Å². The van der Waals surface area contributed by atoms with Gasteiger partial charge in [0.15, 0.2) is 21.2 Å². The number of aromatic nitrogens is 4. The Morgan fingerprint density at radius 1 is 1.19 bits per heavy atom. The largest absolute Gasteiger partial charge is 0.479 e. The molecule has 258 valence electrons. The summed E-state index contributed by atoms with van der Waals surface area (Å²) >= 11 is 1.97. The molecule has 0 spiro atoms. The monoisotopic (exact) mass is 797 g/mol. The molecule has 4 heterocycles. The van der Waals surface area contributed by atoms with Gasteiger partial charge < -0.3 is 33.7 Å². The van der Waals surface area contributed by atoms with Gasteiger partial charge >= 0.3 is 13.7 Å². The van der Waals surface area contributed by atoms with Crippen LogP contribution in [0.3, 0.4) is 0 Å². The Morgan fingerprint density at radius 3 is 2.67 bits per heavy atom. The van der Waals surface area contributed by atoms with Crippen molar-refractivity contribution >= 4 is 58.2 Å². The van der Waals surface area contributed by atoms with Gasteiger partial charge in [-0.25, -0.2) is 14.5 Å². The van der Waals surface area contributed by atoms with Crippen LogP contribution in [-0.2, 0) is 28.1 Å². The average molecular weight is 798 g/mol. The van der Waals surface area contributed by atoms with Crippen molar-refractivity contribution in [3.8, 4) is 11.6 Å². The van der Waals surface area contributed by atoms with Crippen molar-refractivity contribution < 1.29 is 47.6 Å². The summed E-state index contributed by atoms with van der Waals surface area (Å²) < 4.78 is 50.9. The number of fused-ring (bicyclic) bond motifs is 2. The summed E-state index contributed by atoms with van der Waals surface area (Å²) in [6.07, 6.45) is -3.11. The molecule has 6 atom stereocenters. The standard InChI is InChI=1S/C31H37IN5O10P/c1-17(28(39)45-20-12-14-43-15-13-20)36-48(41,47-22-11-7-9-19-8-5-6-10-21(19)22)44-16-23-25(38)31(3,40)29(46-23)37-26-24(35-30(37)32)27(42-4)34-18(2)33-26/h5-11,17,20,23,25,29,38,40H,12-16H2,1-4H3,(H,36,41)/t17-,23+,25+,29+,31+,48?/m0/s1. The number of aliphatic hydroxyl groups excluding tert-OH is 1. The van der Waals surface area contributed by atoms with Gasteiger partial charge in [-0.15, -0.1) is 0 Å². The zero-order valence-corrected chi connectivity index (χ0v) is 29.8. The predicted molar refractivity (Wildman–Crippen MR) is 181 cm³/mol. The molecule has 0 saturated carbocycles. The average Bonchev–Trinajstić information content (AvgIpc) is 3.50. The Kier molecular flexibility index (Phi) is 10.3. The van der Waals surface area contributed by atoms with Gasteiger partial charge in [0.1, 0.15) is 41.5 Å². The van der Waals surface area contributed by atoms with Crippen LogP contribution >= 0.6 is 30.3 Å². The maximum absolute atomic E-state index is 14.5. The smallest absolute Gasteiger partial charge is 0.459 e. The van der Waals surface area contributed by atoms with E-state index in [0.29, 0.717) is 52.3 Å². The number of methoxy groups -OCH3 is 1. The van der Waals surface area contributed by atoms with Crippen molar-refractivity contribution in [1.82, 2.24) is 24.6 Å². The van der Waals surface area contributed by atoms with E-state index in [4.69, 9.17) is 28.0 Å². The number of esters is 1. The van der Waals surface area contributed by atoms with E-state index in [0.717, 1.165) is 5.39 Å². The minimum absolute atomic E-state index is 0.245. The zero-order chi connectivity index (χ0) is 34.2. The molecule has 2 aliphatic heterocycles. The van der Waals surface area contributed by atoms with Gasteiger partial charge in [-0.1, -0.05) is 36.4 Å². The first kappa shape index (κ1) is 34.9. The number of nitrogens with one attached hydrogen (secondary N) is 1. The third kappa shape index (κ3) is 7.03. The fourth-order valence-electron chi connectivity index (χ4n) is 5.75. The highest BCUT2D eigenvalue weighted by Crippen LogP contribution is 2.49. The molecule has 0 radical (unpaired) electrons. The number of rotatable bonds is 11. The summed E-state index contributed by atoms with van der Waals surface area (Å²) in [6, 6.07) is 11.5. The lowest BCUT2D eigenvalue weighted by Crippen LogP contribution is -2.45. The first-order chi connectivity index (χ1) is 22.9. The van der Waals surface area contributed by atoms with E-state index in [9.17, 15) is 19.6 Å². The van der Waals surface area contributed by atoms with Crippen LogP contribution < -0.4 is 14.3 Å². The molecule has 0 amide bonds. The Labute approximate surface area is 290 Å². The number of hydrogen-bond acceptors (Lipinski definition) is 13. The topological polar surface area (TPSA) is 186 Å². The number of benzene rings is 2. The van der Waals surface area contributed by atoms with E-state index in [2.05, 4.69) is 20.0 Å². The summed E-state index contributed by atoms with van der Waals surface area (Å²) in [5, 5.41) is 27.1. The van der Waals surface area contributed by atoms with E-state index < -0.39 is 50.4 Å². The Hall–Kier alpha value is -2.96. The molecule has 48 heavy (non-hydrogen) atoms. The first-order valence-electron chi connectivity index (χ1n) is 15.4. The molecule has 4 aromatic rings. The lowest BCUT2D eigenvalue weighted by atomic mass is 9.96. The van der Waals surface area contributed by atoms with E-state index in [1.807, 2.05) is 46.9 Å². The van der Waals surface area contributed by atoms with Crippen LogP contribution in [0, 0.1) is 10.8 Å². The van der Waals surface area contributed by atoms with Crippen LogP contribution in [0.2, 0.25) is 0 Å². The van der Waals surface area contributed by atoms with E-state index in [1.54, 1.807) is 25.1 Å². The van der Waals surface area contributed by atoms with Gasteiger partial charge in [-0.3, -0.25) is 13.9 Å². The summed E-state index contributed by atoms with van der Waals surface area (Å²) in [5.74, 6) is 0.253. The third-order valence-electron chi connectivity index (χ3n) is 8.29. The second kappa shape index (κ2) is 14.1. The summed E-state index contributed by atoms with van der Waals surface area (Å²) in [6.45, 7) is 5.06. The van der Waals surface area contributed by atoms with Gasteiger partial charge in [-0.2, -0.15) is 10.1 Å². The SMILES string of the molecule is COc1nc(C)nc2c1nc(I)n2[C@@H]1O[C@H](COP(=O)(N[C@@H](C)C(=O)OC2CCOCC2)Oc2cccc3ccccc23)[C@@H](O)[C@@]1(C)O. The van der Waals surface area contributed by atoms with Crippen molar-refractivity contribution in [2.24, 2.45) is 0 Å². The van der Waals surface area contributed by atoms with Crippen molar-refractivity contribution in [1.29, 1.82) is 0 Å². The molecule has 0 bridgehead atoms. The van der Waals surface area contributed by atoms with Gasteiger partial charge in [0.25, 0.3) is 0 Å². The number of carbonyl (C=O) groups is 1. The number of ether oxygens (including phenoxy) is 4. The van der Waals surface area contributed by atoms with Gasteiger partial charge in [-0.05, 0) is 32.2 Å². The third-order valence-corrected chi connectivity index (χ3v) is 10.7. The summed E-state index contributed by atoms with van der Waals surface area (Å²) in [4.78, 5) is 26.3. The molecule has 15 nitrogen and oxygen atoms in total. The van der Waals surface area contributed by atoms with Crippen LogP contribution in [0.5, 0.6) is 11.6 Å². The molecule has 2 aromatic heterocycles. The molecule has 1 unspecified atom stereocenters. The minimum Gasteiger partial charge on any atom is -0.479 e. The van der Waals surface area contributed by atoms with Crippen molar-refractivity contribution in [2.75, 3.05) is 26.9 Å². The maximum atomic E-state index is 14.5. The second-order valence-corrected chi connectivity index (χ2v) is 14.5. The van der Waals surface area contributed by atoms with Gasteiger partial charge in [0.05, 0.1) is 26.9 Å². The van der Waals surface area contributed by atoms with Crippen molar-refractivity contribution in [3.05, 3.63) is 52.1 Å². The highest BCUT2D eigenvalue weighted by Gasteiger charge is 2.55. The molecule has 0 aliphatic carbocycles. The first-order valence-corrected chi connectivity index (χ1v) is 18.0. The lowest BCUT2D eigenvalue weighted by Gasteiger charge is -2.28. The highest BCUT2D eigenvalue weighted by atomic mass is 127. The molecule has 3 N–H and O–H groups in total. The molecular formula is C31H37IN5O10P. The molecule has 2 fully saturated rings. The lowest BCUT2D eigenvalue weighted by molar-refractivity contribution is -0.154. The minimum atomic E-state index is -4.38. The second-order valence-electron chi connectivity index (χ2n) is 11.9. The van der Waals surface area contributed by atoms with Crippen molar-refractivity contribution in [2.45, 2.75) is 69.8 Å². The molecule has 17 heteroatoms. The highest BCUT2D eigenvalue weighted by molar-refractivity contribution is 14.1. The molecular weight excluding hydrogens is 760 g/mol. The number of carbonyl (C=O) groups excluding carboxylic acids is 1. The number of halogens is 1. The van der Waals surface area contributed by atoms with E-state index >= 15 is 0 Å². The van der Waals surface area contributed by atoms with Crippen LogP contribution in [0.15, 0.2) is 42.5 Å². The van der Waals surface area contributed by atoms with Gasteiger partial charge in [0.2, 0.25) is 5.88 Å². The fourth-order valence-corrected chi connectivity index (χ4v) is 7.99. The Balaban J connectivity index is 1.26. The Bertz CT molecular complexity index is 1850. The predicted octanol–water partition coefficient (Wildman–Crippen LogP) is 3.81. The molecule has 6 rings (SSSR count). The number of imidazole rings is 1. The fraction of sp³-hybridized carbons (Fsp3) is 0.484. The number of aliphatic hydroxyl groups is 2. The van der Waals surface area contributed by atoms with Crippen LogP contribution in [0.25, 0.3) is 21.9 Å². The van der Waals surface area contributed by atoms with Crippen LogP contribution in [0.4, 0.5) is 0 Å². The number of aryl methyl sites for hydroxylation is 1. The quantitative estimate of drug-likeness (QED) is 0.0861. The summed E-state index contributed by atoms with van der Waals surface area (Å²) in [5.41, 5.74) is -1.20. The van der Waals surface area contributed by atoms with Gasteiger partial charge in [0, 0.05) is 40.8 Å². The summed E-state index contributed by atoms with van der Waals surface area (Å²) in [7, 11) is -2.92. The number of hydrogen-bond donors (Lipinski definition) is 3. The van der Waals surface area contributed by atoms with Crippen molar-refractivity contribution in [3.63, 3.8) is 0 Å². The zero-order valence-electron chi connectivity index (χ0n) is 26.7. The maximum Gasteiger partial charge on any atom is 0.459 e. The molecule has 2 aromatic carbocycles. The van der Waals surface area contributed by atoms with Crippen LogP contribution in [0.1, 0.15) is 38.7 Å². The normalized spacial score (nSPS) is 25.2. The van der Waals surface area contributed by atoms with E-state index in [-0.39, 0.29) is 17.7 Å². The molecule has 2 saturated heterocycles.